The summed E-state index contributed by atoms with van der Waals surface area (Å²) in [7, 11) is 1.63. The second-order valence-corrected chi connectivity index (χ2v) is 22.9. The fourth-order valence-electron chi connectivity index (χ4n) is 12.8. The first-order valence-corrected chi connectivity index (χ1v) is 30.0. The van der Waals surface area contributed by atoms with Crippen LogP contribution < -0.4 is 30.6 Å². The Morgan fingerprint density at radius 3 is 2.27 bits per heavy atom. The number of nitrogens with one attached hydrogen (secondary N) is 3. The highest BCUT2D eigenvalue weighted by atomic mass is 16.5. The van der Waals surface area contributed by atoms with Crippen molar-refractivity contribution in [3.05, 3.63) is 123 Å². The highest BCUT2D eigenvalue weighted by Crippen LogP contribution is 2.31. The fourth-order valence-corrected chi connectivity index (χ4v) is 12.8. The first kappa shape index (κ1) is 57.3. The molecule has 5 aliphatic rings. The highest BCUT2D eigenvalue weighted by molar-refractivity contribution is 5.98. The molecule has 0 bridgehead atoms. The van der Waals surface area contributed by atoms with Gasteiger partial charge in [-0.25, -0.2) is 4.98 Å². The van der Waals surface area contributed by atoms with Crippen LogP contribution in [0.2, 0.25) is 0 Å². The molecular weight excluding hydrogens is 1020 g/mol. The average molecular weight is 1110 g/mol. The second kappa shape index (κ2) is 27.3. The van der Waals surface area contributed by atoms with Crippen molar-refractivity contribution in [1.82, 2.24) is 50.1 Å². The molecule has 5 aromatic rings. The van der Waals surface area contributed by atoms with E-state index in [-0.39, 0.29) is 47.6 Å². The molecule has 5 fully saturated rings. The molecule has 4 aliphatic heterocycles. The van der Waals surface area contributed by atoms with E-state index in [1.165, 1.54) is 0 Å². The van der Waals surface area contributed by atoms with Crippen molar-refractivity contribution in [2.75, 3.05) is 110 Å². The first-order valence-electron chi connectivity index (χ1n) is 30.0. The number of carbonyl (C=O) groups is 4. The number of fused-ring (bicyclic) bond motifs is 1. The number of rotatable bonds is 19. The summed E-state index contributed by atoms with van der Waals surface area (Å²) in [5.41, 5.74) is 7.39. The number of benzene rings is 2. The van der Waals surface area contributed by atoms with Crippen molar-refractivity contribution < 1.29 is 28.7 Å². The Kier molecular flexibility index (Phi) is 19.3. The average Bonchev–Trinajstić information content (AvgIpc) is 3.51. The molecule has 0 radical (unpaired) electrons. The minimum Gasteiger partial charge on any atom is -0.497 e. The van der Waals surface area contributed by atoms with Crippen LogP contribution in [0.3, 0.4) is 0 Å². The highest BCUT2D eigenvalue weighted by Gasteiger charge is 2.36. The van der Waals surface area contributed by atoms with Crippen LogP contribution in [-0.2, 0) is 29.1 Å². The number of methoxy groups -OCH3 is 1. The number of likely N-dealkylation sites (tertiary alicyclic amines) is 2. The molecule has 1 unspecified atom stereocenters. The standard InChI is InChI=1S/C63H83N11O7/c1-4-46-35-55-56(67-60(46)76)33-45(37-65-55)42-70-25-29-71(30-26-70)52-17-19-54(66-39-52)62(78)72-23-20-44(21-24-72)41-69-27-31-73(32-28-69)63(79)59(47-11-7-6-8-12-47)68-61(77)49-14-9-13-48(34-49)51-15-10-22-74(43-51)58(75)40-64-38-50-16-18-53(80-3)36-57(50)81-5-2/h9,13-14,16-19,33-37,39,44,47,51,59,64H,4-8,10-12,15,20-32,38,40-43H2,1-3H3,(H,67,76)(H,68,77)/t51?,59-/m1/s1. The number of aromatic nitrogens is 3. The molecule has 10 rings (SSSR count). The topological polar surface area (TPSA) is 189 Å². The van der Waals surface area contributed by atoms with Gasteiger partial charge in [-0.15, -0.1) is 0 Å². The van der Waals surface area contributed by atoms with Gasteiger partial charge in [0.2, 0.25) is 11.8 Å². The second-order valence-electron chi connectivity index (χ2n) is 22.9. The van der Waals surface area contributed by atoms with Gasteiger partial charge in [0, 0.05) is 133 Å². The van der Waals surface area contributed by atoms with Crippen LogP contribution in [0.25, 0.3) is 11.0 Å². The number of H-pyrrole nitrogens is 1. The zero-order chi connectivity index (χ0) is 56.2. The summed E-state index contributed by atoms with van der Waals surface area (Å²) in [6, 6.07) is 20.7. The van der Waals surface area contributed by atoms with Crippen LogP contribution in [0.4, 0.5) is 5.69 Å². The Morgan fingerprint density at radius 1 is 0.741 bits per heavy atom. The third kappa shape index (κ3) is 14.4. The maximum absolute atomic E-state index is 14.5. The van der Waals surface area contributed by atoms with E-state index in [4.69, 9.17) is 9.47 Å². The lowest BCUT2D eigenvalue weighted by atomic mass is 9.83. The van der Waals surface area contributed by atoms with Gasteiger partial charge in [0.25, 0.3) is 17.4 Å². The molecule has 1 aliphatic carbocycles. The maximum atomic E-state index is 14.5. The smallest absolute Gasteiger partial charge is 0.272 e. The SMILES string of the molecule is CCOc1cc(OC)ccc1CNCC(=O)N1CCCC(c2cccc(C(=O)N[C@@H](C(=O)N3CCN(CC4CCN(C(=O)c5ccc(N6CCN(Cc7cnc8cc(CC)c(=O)[nH]c8c7)CC6)cn5)CC4)CC3)C3CCCCC3)c2)C1. The summed E-state index contributed by atoms with van der Waals surface area (Å²) < 4.78 is 11.2. The number of piperidine rings is 2. The number of amides is 4. The summed E-state index contributed by atoms with van der Waals surface area (Å²) >= 11 is 0. The maximum Gasteiger partial charge on any atom is 0.272 e. The number of nitrogens with zero attached hydrogens (tertiary/aromatic N) is 8. The van der Waals surface area contributed by atoms with Gasteiger partial charge in [-0.1, -0.05) is 44.4 Å². The Hall–Kier alpha value is -6.89. The van der Waals surface area contributed by atoms with Crippen molar-refractivity contribution in [3.63, 3.8) is 0 Å². The molecule has 4 saturated heterocycles. The molecule has 1 saturated carbocycles. The lowest BCUT2D eigenvalue weighted by Gasteiger charge is -2.41. The van der Waals surface area contributed by atoms with E-state index in [0.29, 0.717) is 76.0 Å². The van der Waals surface area contributed by atoms with Gasteiger partial charge in [0.15, 0.2) is 0 Å². The summed E-state index contributed by atoms with van der Waals surface area (Å²) in [5.74, 6) is 1.95. The quantitative estimate of drug-likeness (QED) is 0.0816. The van der Waals surface area contributed by atoms with E-state index in [2.05, 4.69) is 46.4 Å². The Balaban J connectivity index is 0.655. The Bertz CT molecular complexity index is 3010. The summed E-state index contributed by atoms with van der Waals surface area (Å²) in [5, 5.41) is 6.58. The predicted octanol–water partition coefficient (Wildman–Crippen LogP) is 6.48. The number of pyridine rings is 3. The zero-order valence-corrected chi connectivity index (χ0v) is 47.8. The van der Waals surface area contributed by atoms with Crippen LogP contribution in [0.5, 0.6) is 11.5 Å². The minimum absolute atomic E-state index is 0.0201. The minimum atomic E-state index is -0.579. The van der Waals surface area contributed by atoms with Gasteiger partial charge in [-0.2, -0.15) is 0 Å². The molecule has 2 aromatic carbocycles. The molecule has 81 heavy (non-hydrogen) atoms. The van der Waals surface area contributed by atoms with Gasteiger partial charge in [0.1, 0.15) is 23.2 Å². The number of piperazine rings is 2. The van der Waals surface area contributed by atoms with Crippen LogP contribution in [0.1, 0.15) is 121 Å². The summed E-state index contributed by atoms with van der Waals surface area (Å²) in [6.07, 6.45) is 13.2. The van der Waals surface area contributed by atoms with Gasteiger partial charge in [-0.05, 0) is 117 Å². The number of hydrogen-bond donors (Lipinski definition) is 3. The van der Waals surface area contributed by atoms with Crippen LogP contribution >= 0.6 is 0 Å². The van der Waals surface area contributed by atoms with Crippen molar-refractivity contribution in [2.24, 2.45) is 11.8 Å². The Labute approximate surface area is 476 Å². The van der Waals surface area contributed by atoms with Gasteiger partial charge in [-0.3, -0.25) is 38.8 Å². The number of anilines is 1. The molecule has 3 aromatic heterocycles. The van der Waals surface area contributed by atoms with E-state index in [0.717, 1.165) is 161 Å². The van der Waals surface area contributed by atoms with Gasteiger partial charge in [0.05, 0.1) is 43.2 Å². The van der Waals surface area contributed by atoms with Crippen molar-refractivity contribution in [2.45, 2.75) is 103 Å². The van der Waals surface area contributed by atoms with Crippen molar-refractivity contribution >= 4 is 40.3 Å². The largest absolute Gasteiger partial charge is 0.497 e. The van der Waals surface area contributed by atoms with E-state index in [1.54, 1.807) is 7.11 Å². The monoisotopic (exact) mass is 1110 g/mol. The number of aryl methyl sites for hydroxylation is 1. The molecular formula is C63H83N11O7. The molecule has 4 amide bonds. The van der Waals surface area contributed by atoms with Crippen LogP contribution in [-0.4, -0.2) is 174 Å². The van der Waals surface area contributed by atoms with E-state index < -0.39 is 6.04 Å². The lowest BCUT2D eigenvalue weighted by molar-refractivity contribution is -0.137. The van der Waals surface area contributed by atoms with Gasteiger partial charge >= 0.3 is 0 Å². The predicted molar refractivity (Wildman–Crippen MR) is 314 cm³/mol. The van der Waals surface area contributed by atoms with E-state index >= 15 is 0 Å². The molecule has 7 heterocycles. The number of ether oxygens (including phenoxy) is 2. The third-order valence-electron chi connectivity index (χ3n) is 17.7. The summed E-state index contributed by atoms with van der Waals surface area (Å²) in [6.45, 7) is 15.8. The molecule has 432 valence electrons. The number of hydrogen-bond acceptors (Lipinski definition) is 13. The molecule has 2 atom stereocenters. The van der Waals surface area contributed by atoms with Crippen molar-refractivity contribution in [1.29, 1.82) is 0 Å². The Morgan fingerprint density at radius 2 is 1.53 bits per heavy atom. The van der Waals surface area contributed by atoms with Crippen molar-refractivity contribution in [3.8, 4) is 11.5 Å². The molecule has 18 heteroatoms. The molecule has 0 spiro atoms. The fraction of sp³-hybridized carbons (Fsp3) is 0.540. The molecule has 3 N–H and O–H groups in total. The van der Waals surface area contributed by atoms with E-state index in [9.17, 15) is 24.0 Å². The number of aromatic amines is 1. The van der Waals surface area contributed by atoms with E-state index in [1.807, 2.05) is 102 Å². The lowest BCUT2D eigenvalue weighted by Crippen LogP contribution is -2.57. The normalized spacial score (nSPS) is 19.4. The zero-order valence-electron chi connectivity index (χ0n) is 47.8. The number of carbonyl (C=O) groups excluding carboxylic acids is 4. The molecule has 18 nitrogen and oxygen atoms in total. The van der Waals surface area contributed by atoms with Gasteiger partial charge < -0.3 is 44.7 Å². The third-order valence-corrected chi connectivity index (χ3v) is 17.7. The summed E-state index contributed by atoms with van der Waals surface area (Å²) in [4.78, 5) is 93.6. The van der Waals surface area contributed by atoms with Crippen LogP contribution in [0, 0.1) is 11.8 Å². The first-order chi connectivity index (χ1) is 39.5. The van der Waals surface area contributed by atoms with Crippen LogP contribution in [0.15, 0.2) is 83.9 Å².